The average molecular weight is 314 g/mol. The largest absolute Gasteiger partial charge is 0.293 e. The van der Waals surface area contributed by atoms with Crippen LogP contribution in [-0.4, -0.2) is 32.4 Å². The van der Waals surface area contributed by atoms with E-state index in [4.69, 9.17) is 0 Å². The molecule has 22 heavy (non-hydrogen) atoms. The van der Waals surface area contributed by atoms with Gasteiger partial charge in [0.05, 0.1) is 0 Å². The lowest BCUT2D eigenvalue weighted by Gasteiger charge is -2.12. The molecule has 1 unspecified atom stereocenters. The summed E-state index contributed by atoms with van der Waals surface area (Å²) in [6.45, 7) is 1.77. The minimum Gasteiger partial charge on any atom is -0.293 e. The normalized spacial score (nSPS) is 11.7. The van der Waals surface area contributed by atoms with Gasteiger partial charge in [0.1, 0.15) is 11.7 Å². The topological polar surface area (TPSA) is 77.0 Å². The molecule has 0 spiro atoms. The second-order valence-electron chi connectivity index (χ2n) is 4.36. The highest BCUT2D eigenvalue weighted by molar-refractivity contribution is 8.15. The maximum absolute atomic E-state index is 12.6. The van der Waals surface area contributed by atoms with Crippen molar-refractivity contribution >= 4 is 28.4 Å². The van der Waals surface area contributed by atoms with Crippen LogP contribution in [0.1, 0.15) is 29.0 Å². The van der Waals surface area contributed by atoms with Gasteiger partial charge in [0.2, 0.25) is 5.78 Å². The van der Waals surface area contributed by atoms with E-state index >= 15 is 0 Å². The molecule has 2 rings (SSSR count). The summed E-state index contributed by atoms with van der Waals surface area (Å²) in [5, 5.41) is -0.649. The molecule has 0 aliphatic heterocycles. The average Bonchev–Trinajstić information content (AvgIpc) is 2.57. The molecule has 1 atom stereocenters. The van der Waals surface area contributed by atoms with Gasteiger partial charge < -0.3 is 0 Å². The zero-order valence-corrected chi connectivity index (χ0v) is 12.7. The molecule has 1 heterocycles. The fourth-order valence-corrected chi connectivity index (χ4v) is 2.42. The van der Waals surface area contributed by atoms with Crippen molar-refractivity contribution in [3.05, 3.63) is 60.2 Å². The third kappa shape index (κ3) is 3.65. The molecule has 5 nitrogen and oxygen atoms in total. The van der Waals surface area contributed by atoms with Crippen LogP contribution in [-0.2, 0) is 9.59 Å². The van der Waals surface area contributed by atoms with Crippen LogP contribution in [0.4, 0.5) is 0 Å². The van der Waals surface area contributed by atoms with Gasteiger partial charge in [-0.05, 0) is 11.8 Å². The Morgan fingerprint density at radius 1 is 1.05 bits per heavy atom. The number of carbonyl (C=O) groups excluding carboxylic acids is 3. The fourth-order valence-electron chi connectivity index (χ4n) is 1.90. The molecule has 0 aliphatic carbocycles. The highest BCUT2D eigenvalue weighted by atomic mass is 32.2. The van der Waals surface area contributed by atoms with E-state index in [1.54, 1.807) is 43.3 Å². The van der Waals surface area contributed by atoms with Gasteiger partial charge in [-0.1, -0.05) is 49.0 Å². The molecule has 1 aromatic heterocycles. The Kier molecular flexibility index (Phi) is 5.55. The Bertz CT molecular complexity index is 674. The van der Waals surface area contributed by atoms with E-state index in [1.807, 2.05) is 0 Å². The van der Waals surface area contributed by atoms with Crippen molar-refractivity contribution in [2.24, 2.45) is 0 Å². The molecule has 0 bridgehead atoms. The second-order valence-corrected chi connectivity index (χ2v) is 5.59. The second kappa shape index (κ2) is 7.61. The molecule has 0 saturated heterocycles. The van der Waals surface area contributed by atoms with Crippen LogP contribution in [0.5, 0.6) is 0 Å². The van der Waals surface area contributed by atoms with Crippen LogP contribution in [0, 0.1) is 0 Å². The van der Waals surface area contributed by atoms with E-state index in [1.165, 1.54) is 12.4 Å². The zero-order valence-electron chi connectivity index (χ0n) is 11.9. The molecular weight excluding hydrogens is 300 g/mol. The third-order valence-electron chi connectivity index (χ3n) is 2.90. The highest BCUT2D eigenvalue weighted by Gasteiger charge is 2.35. The number of carbonyl (C=O) groups is 3. The van der Waals surface area contributed by atoms with Crippen molar-refractivity contribution < 1.29 is 14.4 Å². The highest BCUT2D eigenvalue weighted by Crippen LogP contribution is 2.21. The van der Waals surface area contributed by atoms with Crippen molar-refractivity contribution in [3.8, 4) is 0 Å². The van der Waals surface area contributed by atoms with Crippen molar-refractivity contribution in [3.63, 3.8) is 0 Å². The number of ketones is 2. The molecule has 112 valence electrons. The summed E-state index contributed by atoms with van der Waals surface area (Å²) in [5.74, 6) is -2.04. The van der Waals surface area contributed by atoms with Crippen LogP contribution in [0.3, 0.4) is 0 Å². The van der Waals surface area contributed by atoms with Gasteiger partial charge in [0, 0.05) is 18.0 Å². The van der Waals surface area contributed by atoms with Gasteiger partial charge in [0.15, 0.2) is 5.78 Å². The Balaban J connectivity index is 2.40. The Hall–Kier alpha value is -2.34. The molecule has 0 aliphatic rings. The summed E-state index contributed by atoms with van der Waals surface area (Å²) in [5.41, 5.74) is 0.350. The van der Waals surface area contributed by atoms with Crippen molar-refractivity contribution in [2.45, 2.75) is 12.8 Å². The van der Waals surface area contributed by atoms with Crippen molar-refractivity contribution in [1.29, 1.82) is 0 Å². The van der Waals surface area contributed by atoms with Crippen molar-refractivity contribution in [2.75, 3.05) is 5.75 Å². The van der Waals surface area contributed by atoms with Gasteiger partial charge >= 0.3 is 0 Å². The molecule has 0 radical (unpaired) electrons. The lowest BCUT2D eigenvalue weighted by Crippen LogP contribution is -2.28. The lowest BCUT2D eigenvalue weighted by atomic mass is 9.93. The number of rotatable bonds is 6. The Morgan fingerprint density at radius 2 is 1.68 bits per heavy atom. The summed E-state index contributed by atoms with van der Waals surface area (Å²) in [7, 11) is 0. The van der Waals surface area contributed by atoms with Crippen LogP contribution in [0.15, 0.2) is 48.8 Å². The molecule has 6 heteroatoms. The summed E-state index contributed by atoms with van der Waals surface area (Å²) < 4.78 is 0. The van der Waals surface area contributed by atoms with E-state index < -0.39 is 22.6 Å². The van der Waals surface area contributed by atoms with Crippen LogP contribution >= 0.6 is 11.8 Å². The van der Waals surface area contributed by atoms with E-state index in [9.17, 15) is 14.4 Å². The van der Waals surface area contributed by atoms with E-state index in [-0.39, 0.29) is 5.82 Å². The molecule has 0 saturated carbocycles. The van der Waals surface area contributed by atoms with Gasteiger partial charge in [-0.15, -0.1) is 0 Å². The predicted octanol–water partition coefficient (Wildman–Crippen LogP) is 2.29. The summed E-state index contributed by atoms with van der Waals surface area (Å²) in [6, 6.07) is 9.95. The smallest absolute Gasteiger partial charge is 0.256 e. The molecule has 0 fully saturated rings. The number of hydrogen-bond acceptors (Lipinski definition) is 6. The van der Waals surface area contributed by atoms with Crippen LogP contribution < -0.4 is 0 Å². The SMILES string of the molecule is CCSC(=O)C(=O)C(C(=O)c1ccccc1)c1ncccn1. The first-order chi connectivity index (χ1) is 10.6. The molecule has 0 N–H and O–H groups in total. The Morgan fingerprint density at radius 3 is 2.27 bits per heavy atom. The summed E-state index contributed by atoms with van der Waals surface area (Å²) >= 11 is 0.879. The van der Waals surface area contributed by atoms with E-state index in [2.05, 4.69) is 9.97 Å². The number of aromatic nitrogens is 2. The number of Topliss-reactive ketones (excluding diaryl/α,β-unsaturated/α-hetero) is 2. The summed E-state index contributed by atoms with van der Waals surface area (Å²) in [6.07, 6.45) is 2.89. The number of benzene rings is 1. The first kappa shape index (κ1) is 16.0. The maximum Gasteiger partial charge on any atom is 0.256 e. The third-order valence-corrected chi connectivity index (χ3v) is 3.66. The van der Waals surface area contributed by atoms with Crippen LogP contribution in [0.2, 0.25) is 0 Å². The number of nitrogens with zero attached hydrogens (tertiary/aromatic N) is 2. The maximum atomic E-state index is 12.6. The lowest BCUT2D eigenvalue weighted by molar-refractivity contribution is -0.132. The summed E-state index contributed by atoms with van der Waals surface area (Å²) in [4.78, 5) is 44.9. The number of thioether (sulfide) groups is 1. The Labute approximate surface area is 132 Å². The minimum atomic E-state index is -1.30. The zero-order chi connectivity index (χ0) is 15.9. The monoisotopic (exact) mass is 314 g/mol. The standard InChI is InChI=1S/C16H14N2O3S/c1-2-22-16(21)14(20)12(15-17-9-6-10-18-15)13(19)11-7-4-3-5-8-11/h3-10,12H,2H2,1H3. The fraction of sp³-hybridized carbons (Fsp3) is 0.188. The van der Waals surface area contributed by atoms with Crippen molar-refractivity contribution in [1.82, 2.24) is 9.97 Å². The molecule has 1 aromatic carbocycles. The van der Waals surface area contributed by atoms with Crippen LogP contribution in [0.25, 0.3) is 0 Å². The van der Waals surface area contributed by atoms with E-state index in [0.29, 0.717) is 11.3 Å². The first-order valence-electron chi connectivity index (χ1n) is 6.72. The predicted molar refractivity (Wildman–Crippen MR) is 83.7 cm³/mol. The molecule has 0 amide bonds. The quantitative estimate of drug-likeness (QED) is 0.462. The van der Waals surface area contributed by atoms with Gasteiger partial charge in [-0.3, -0.25) is 14.4 Å². The van der Waals surface area contributed by atoms with E-state index in [0.717, 1.165) is 11.8 Å². The first-order valence-corrected chi connectivity index (χ1v) is 7.70. The number of hydrogen-bond donors (Lipinski definition) is 0. The van der Waals surface area contributed by atoms with Gasteiger partial charge in [-0.25, -0.2) is 9.97 Å². The van der Waals surface area contributed by atoms with Gasteiger partial charge in [0.25, 0.3) is 5.12 Å². The molecular formula is C16H14N2O3S. The van der Waals surface area contributed by atoms with Gasteiger partial charge in [-0.2, -0.15) is 0 Å². The molecule has 2 aromatic rings. The minimum absolute atomic E-state index is 0.0476.